The number of ether oxygens (including phenoxy) is 1. The molecule has 0 bridgehead atoms. The Morgan fingerprint density at radius 1 is 1.47 bits per heavy atom. The van der Waals surface area contributed by atoms with Gasteiger partial charge in [-0.3, -0.25) is 4.90 Å². The van der Waals surface area contributed by atoms with Gasteiger partial charge in [0.25, 0.3) is 0 Å². The van der Waals surface area contributed by atoms with E-state index in [0.717, 1.165) is 25.6 Å². The van der Waals surface area contributed by atoms with Crippen LogP contribution in [0.4, 0.5) is 0 Å². The lowest BCUT2D eigenvalue weighted by atomic mass is 10.2. The number of hydrogen-bond acceptors (Lipinski definition) is 3. The van der Waals surface area contributed by atoms with E-state index in [4.69, 9.17) is 10.5 Å². The summed E-state index contributed by atoms with van der Waals surface area (Å²) in [6, 6.07) is 0.683. The van der Waals surface area contributed by atoms with E-state index in [0.29, 0.717) is 12.6 Å². The summed E-state index contributed by atoms with van der Waals surface area (Å²) in [4.78, 5) is 2.48. The van der Waals surface area contributed by atoms with Crippen molar-refractivity contribution < 1.29 is 4.74 Å². The Labute approximate surface area is 93.3 Å². The van der Waals surface area contributed by atoms with Gasteiger partial charge >= 0.3 is 0 Å². The van der Waals surface area contributed by atoms with Crippen LogP contribution in [0.5, 0.6) is 0 Å². The molecule has 0 aromatic carbocycles. The zero-order valence-corrected chi connectivity index (χ0v) is 9.98. The molecule has 2 N–H and O–H groups in total. The van der Waals surface area contributed by atoms with Crippen LogP contribution in [0.2, 0.25) is 0 Å². The highest BCUT2D eigenvalue weighted by atomic mass is 16.5. The van der Waals surface area contributed by atoms with Crippen molar-refractivity contribution in [3.8, 4) is 0 Å². The van der Waals surface area contributed by atoms with E-state index in [-0.39, 0.29) is 0 Å². The van der Waals surface area contributed by atoms with Crippen molar-refractivity contribution in [2.45, 2.75) is 25.8 Å². The van der Waals surface area contributed by atoms with E-state index < -0.39 is 0 Å². The number of nitrogens with zero attached hydrogens (tertiary/aromatic N) is 1. The highest BCUT2D eigenvalue weighted by Crippen LogP contribution is 2.34. The fourth-order valence-electron chi connectivity index (χ4n) is 1.85. The zero-order chi connectivity index (χ0) is 11.1. The second-order valence-corrected chi connectivity index (χ2v) is 4.27. The predicted octanol–water partition coefficient (Wildman–Crippen LogP) is 1.25. The molecule has 3 heteroatoms. The molecule has 1 fully saturated rings. The molecule has 1 aliphatic carbocycles. The van der Waals surface area contributed by atoms with Crippen LogP contribution in [0.1, 0.15) is 19.8 Å². The van der Waals surface area contributed by atoms with E-state index in [2.05, 4.69) is 17.9 Å². The largest absolute Gasteiger partial charge is 0.383 e. The van der Waals surface area contributed by atoms with Gasteiger partial charge in [-0.1, -0.05) is 12.2 Å². The van der Waals surface area contributed by atoms with Crippen molar-refractivity contribution in [3.05, 3.63) is 12.2 Å². The van der Waals surface area contributed by atoms with E-state index in [1.165, 1.54) is 12.8 Å². The summed E-state index contributed by atoms with van der Waals surface area (Å²) < 4.78 is 5.14. The minimum absolute atomic E-state index is 0.635. The molecule has 0 aliphatic heterocycles. The van der Waals surface area contributed by atoms with Crippen LogP contribution in [0.15, 0.2) is 12.2 Å². The molecule has 0 aromatic rings. The summed E-state index contributed by atoms with van der Waals surface area (Å²) in [5, 5.41) is 0. The lowest BCUT2D eigenvalue weighted by molar-refractivity contribution is 0.126. The quantitative estimate of drug-likeness (QED) is 0.615. The predicted molar refractivity (Wildman–Crippen MR) is 63.8 cm³/mol. The molecular weight excluding hydrogens is 188 g/mol. The Hall–Kier alpha value is -0.380. The third kappa shape index (κ3) is 4.78. The monoisotopic (exact) mass is 212 g/mol. The van der Waals surface area contributed by atoms with E-state index >= 15 is 0 Å². The highest BCUT2D eigenvalue weighted by Gasteiger charge is 2.31. The van der Waals surface area contributed by atoms with Crippen molar-refractivity contribution in [1.29, 1.82) is 0 Å². The molecule has 0 saturated heterocycles. The van der Waals surface area contributed by atoms with E-state index in [1.54, 1.807) is 7.11 Å². The molecule has 1 aliphatic rings. The molecule has 0 radical (unpaired) electrons. The Kier molecular flexibility index (Phi) is 5.91. The average Bonchev–Trinajstić information content (AvgIpc) is 3.06. The maximum absolute atomic E-state index is 5.43. The molecule has 1 unspecified atom stereocenters. The molecule has 0 spiro atoms. The number of nitrogens with two attached hydrogens (primary N) is 1. The third-order valence-corrected chi connectivity index (χ3v) is 3.11. The van der Waals surface area contributed by atoms with Gasteiger partial charge in [-0.05, 0) is 25.7 Å². The Morgan fingerprint density at radius 3 is 2.73 bits per heavy atom. The van der Waals surface area contributed by atoms with Gasteiger partial charge in [-0.2, -0.15) is 0 Å². The topological polar surface area (TPSA) is 38.5 Å². The van der Waals surface area contributed by atoms with Gasteiger partial charge in [0.05, 0.1) is 6.61 Å². The van der Waals surface area contributed by atoms with Gasteiger partial charge < -0.3 is 10.5 Å². The highest BCUT2D eigenvalue weighted by molar-refractivity contribution is 4.91. The first-order valence-corrected chi connectivity index (χ1v) is 5.87. The summed E-state index contributed by atoms with van der Waals surface area (Å²) in [7, 11) is 1.76. The summed E-state index contributed by atoms with van der Waals surface area (Å²) in [6.45, 7) is 5.79. The van der Waals surface area contributed by atoms with Crippen molar-refractivity contribution in [1.82, 2.24) is 4.90 Å². The molecule has 3 nitrogen and oxygen atoms in total. The number of rotatable bonds is 8. The molecular formula is C12H24N2O. The molecule has 0 heterocycles. The zero-order valence-electron chi connectivity index (χ0n) is 9.98. The van der Waals surface area contributed by atoms with Crippen LogP contribution in [-0.2, 0) is 4.74 Å². The molecule has 0 amide bonds. The first kappa shape index (κ1) is 12.7. The van der Waals surface area contributed by atoms with Gasteiger partial charge in [0.15, 0.2) is 0 Å². The Balaban J connectivity index is 2.32. The minimum Gasteiger partial charge on any atom is -0.383 e. The minimum atomic E-state index is 0.635. The molecule has 1 saturated carbocycles. The first-order chi connectivity index (χ1) is 7.29. The Bertz CT molecular complexity index is 190. The molecule has 1 atom stereocenters. The van der Waals surface area contributed by atoms with Gasteiger partial charge in [0.2, 0.25) is 0 Å². The summed E-state index contributed by atoms with van der Waals surface area (Å²) >= 11 is 0. The van der Waals surface area contributed by atoms with Crippen LogP contribution in [0.3, 0.4) is 0 Å². The maximum Gasteiger partial charge on any atom is 0.0589 e. The maximum atomic E-state index is 5.43. The molecule has 1 rings (SSSR count). The van der Waals surface area contributed by atoms with Crippen LogP contribution >= 0.6 is 0 Å². The van der Waals surface area contributed by atoms with Crippen molar-refractivity contribution >= 4 is 0 Å². The second kappa shape index (κ2) is 6.99. The number of hydrogen-bond donors (Lipinski definition) is 1. The van der Waals surface area contributed by atoms with Crippen molar-refractivity contribution in [2.75, 3.05) is 33.4 Å². The van der Waals surface area contributed by atoms with Crippen LogP contribution < -0.4 is 5.73 Å². The third-order valence-electron chi connectivity index (χ3n) is 3.11. The van der Waals surface area contributed by atoms with Gasteiger partial charge in [0, 0.05) is 32.8 Å². The molecule has 0 aromatic heterocycles. The SMILES string of the molecule is COCCN(CC=CCN)C(C)C1CC1. The lowest BCUT2D eigenvalue weighted by Crippen LogP contribution is -2.37. The fourth-order valence-corrected chi connectivity index (χ4v) is 1.85. The van der Waals surface area contributed by atoms with E-state index in [1.807, 2.05) is 6.08 Å². The lowest BCUT2D eigenvalue weighted by Gasteiger charge is -2.27. The van der Waals surface area contributed by atoms with Crippen molar-refractivity contribution in [3.63, 3.8) is 0 Å². The van der Waals surface area contributed by atoms with Crippen LogP contribution in [0, 0.1) is 5.92 Å². The number of methoxy groups -OCH3 is 1. The summed E-state index contributed by atoms with van der Waals surface area (Å²) in [5.41, 5.74) is 5.43. The normalized spacial score (nSPS) is 18.9. The summed E-state index contributed by atoms with van der Waals surface area (Å²) in [5.74, 6) is 0.910. The fraction of sp³-hybridized carbons (Fsp3) is 0.833. The van der Waals surface area contributed by atoms with E-state index in [9.17, 15) is 0 Å². The first-order valence-electron chi connectivity index (χ1n) is 5.87. The van der Waals surface area contributed by atoms with Gasteiger partial charge in [0.1, 0.15) is 0 Å². The second-order valence-electron chi connectivity index (χ2n) is 4.27. The van der Waals surface area contributed by atoms with Gasteiger partial charge in [-0.15, -0.1) is 0 Å². The Morgan fingerprint density at radius 2 is 2.20 bits per heavy atom. The van der Waals surface area contributed by atoms with Crippen LogP contribution in [0.25, 0.3) is 0 Å². The van der Waals surface area contributed by atoms with Crippen molar-refractivity contribution in [2.24, 2.45) is 11.7 Å². The van der Waals surface area contributed by atoms with Crippen LogP contribution in [-0.4, -0.2) is 44.3 Å². The average molecular weight is 212 g/mol. The summed E-state index contributed by atoms with van der Waals surface area (Å²) in [6.07, 6.45) is 6.98. The smallest absolute Gasteiger partial charge is 0.0589 e. The molecule has 88 valence electrons. The standard InChI is InChI=1S/C12H24N2O/c1-11(12-5-6-12)14(9-10-15-2)8-4-3-7-13/h3-4,11-12H,5-10,13H2,1-2H3. The molecule has 15 heavy (non-hydrogen) atoms. The van der Waals surface area contributed by atoms with Gasteiger partial charge in [-0.25, -0.2) is 0 Å².